The molecular weight excluding hydrogens is 582 g/mol. The fourth-order valence-corrected chi connectivity index (χ4v) is 4.99. The second kappa shape index (κ2) is 14.0. The maximum atomic E-state index is 12.7. The zero-order valence-electron chi connectivity index (χ0n) is 22.3. The molecular formula is C28H26ClN7O5S. The van der Waals surface area contributed by atoms with E-state index in [0.29, 0.717) is 39.3 Å². The number of aromatic nitrogens is 4. The van der Waals surface area contributed by atoms with Crippen LogP contribution in [0.15, 0.2) is 60.6 Å². The number of carbonyl (C=O) groups excluding carboxylic acids is 3. The minimum Gasteiger partial charge on any atom is -0.462 e. The number of halogens is 1. The van der Waals surface area contributed by atoms with Crippen molar-refractivity contribution in [2.75, 3.05) is 50.1 Å². The number of esters is 1. The van der Waals surface area contributed by atoms with Crippen LogP contribution >= 0.6 is 22.9 Å². The fraction of sp³-hybridized carbons (Fsp3) is 0.250. The molecule has 42 heavy (non-hydrogen) atoms. The number of ether oxygens (including phenoxy) is 2. The van der Waals surface area contributed by atoms with E-state index in [9.17, 15) is 14.4 Å². The molecule has 12 nitrogen and oxygen atoms in total. The van der Waals surface area contributed by atoms with Gasteiger partial charge in [0.2, 0.25) is 11.7 Å². The SMILES string of the molecule is O=C(C=CC(=O)OCCCN1CCOCC1)Nc1cc2c(Nc3ccc(C(=O)c4cncs4)c(Cl)c3)ncnc2cn1. The number of ketones is 1. The number of nitrogens with one attached hydrogen (secondary N) is 2. The first-order valence-electron chi connectivity index (χ1n) is 13.0. The molecule has 1 amide bonds. The van der Waals surface area contributed by atoms with Gasteiger partial charge in [-0.1, -0.05) is 11.6 Å². The molecule has 2 N–H and O–H groups in total. The lowest BCUT2D eigenvalue weighted by Gasteiger charge is -2.26. The van der Waals surface area contributed by atoms with E-state index in [1.807, 2.05) is 0 Å². The van der Waals surface area contributed by atoms with Gasteiger partial charge in [0.25, 0.3) is 0 Å². The van der Waals surface area contributed by atoms with Crippen LogP contribution < -0.4 is 10.6 Å². The Kier molecular flexibility index (Phi) is 9.77. The van der Waals surface area contributed by atoms with Crippen LogP contribution in [0.25, 0.3) is 10.9 Å². The summed E-state index contributed by atoms with van der Waals surface area (Å²) in [5.41, 5.74) is 3.07. The first-order chi connectivity index (χ1) is 20.5. The van der Waals surface area contributed by atoms with Gasteiger partial charge < -0.3 is 20.1 Å². The quantitative estimate of drug-likeness (QED) is 0.111. The predicted octanol–water partition coefficient (Wildman–Crippen LogP) is 3.87. The molecule has 0 atom stereocenters. The molecule has 1 aromatic carbocycles. The zero-order chi connectivity index (χ0) is 29.3. The summed E-state index contributed by atoms with van der Waals surface area (Å²) in [6.07, 6.45) is 7.25. The van der Waals surface area contributed by atoms with Crippen LogP contribution in [0.4, 0.5) is 17.3 Å². The Balaban J connectivity index is 1.18. The summed E-state index contributed by atoms with van der Waals surface area (Å²) in [5, 5.41) is 6.65. The highest BCUT2D eigenvalue weighted by molar-refractivity contribution is 7.12. The third-order valence-corrected chi connectivity index (χ3v) is 7.33. The van der Waals surface area contributed by atoms with Crippen molar-refractivity contribution in [1.82, 2.24) is 24.8 Å². The van der Waals surface area contributed by atoms with E-state index >= 15 is 0 Å². The van der Waals surface area contributed by atoms with E-state index in [2.05, 4.69) is 35.5 Å². The molecule has 216 valence electrons. The molecule has 3 aromatic heterocycles. The van der Waals surface area contributed by atoms with Crippen LogP contribution in [0.1, 0.15) is 21.7 Å². The van der Waals surface area contributed by atoms with Crippen LogP contribution in [0, 0.1) is 0 Å². The number of rotatable bonds is 11. The number of thiazole rings is 1. The molecule has 14 heteroatoms. The predicted molar refractivity (Wildman–Crippen MR) is 158 cm³/mol. The minimum absolute atomic E-state index is 0.209. The molecule has 4 heterocycles. The fourth-order valence-electron chi connectivity index (χ4n) is 4.15. The van der Waals surface area contributed by atoms with Crippen molar-refractivity contribution in [3.05, 3.63) is 76.1 Å². The molecule has 1 fully saturated rings. The smallest absolute Gasteiger partial charge is 0.330 e. The Morgan fingerprint density at radius 1 is 1.10 bits per heavy atom. The van der Waals surface area contributed by atoms with Gasteiger partial charge in [0.05, 0.1) is 46.9 Å². The lowest BCUT2D eigenvalue weighted by atomic mass is 10.1. The number of carbonyl (C=O) groups is 3. The third kappa shape index (κ3) is 7.70. The summed E-state index contributed by atoms with van der Waals surface area (Å²) in [4.78, 5) is 56.5. The van der Waals surface area contributed by atoms with Gasteiger partial charge in [0, 0.05) is 54.6 Å². The number of morpholine rings is 1. The van der Waals surface area contributed by atoms with Crippen LogP contribution in [-0.2, 0) is 19.1 Å². The Bertz CT molecular complexity index is 1610. The monoisotopic (exact) mass is 607 g/mol. The third-order valence-electron chi connectivity index (χ3n) is 6.24. The van der Waals surface area contributed by atoms with Gasteiger partial charge in [-0.2, -0.15) is 0 Å². The van der Waals surface area contributed by atoms with Crippen molar-refractivity contribution in [1.29, 1.82) is 0 Å². The van der Waals surface area contributed by atoms with E-state index in [0.717, 1.165) is 45.0 Å². The highest BCUT2D eigenvalue weighted by atomic mass is 35.5. The normalized spacial score (nSPS) is 13.7. The van der Waals surface area contributed by atoms with E-state index < -0.39 is 11.9 Å². The Morgan fingerprint density at radius 3 is 2.74 bits per heavy atom. The summed E-state index contributed by atoms with van der Waals surface area (Å²) in [7, 11) is 0. The average Bonchev–Trinajstić information content (AvgIpc) is 3.54. The maximum absolute atomic E-state index is 12.7. The first-order valence-corrected chi connectivity index (χ1v) is 14.3. The van der Waals surface area contributed by atoms with E-state index in [1.165, 1.54) is 30.1 Å². The molecule has 0 spiro atoms. The van der Waals surface area contributed by atoms with Crippen molar-refractivity contribution in [3.8, 4) is 0 Å². The zero-order valence-corrected chi connectivity index (χ0v) is 23.9. The molecule has 1 saturated heterocycles. The summed E-state index contributed by atoms with van der Waals surface area (Å²) >= 11 is 7.66. The summed E-state index contributed by atoms with van der Waals surface area (Å²) < 4.78 is 10.5. The average molecular weight is 608 g/mol. The molecule has 1 aliphatic heterocycles. The number of benzene rings is 1. The van der Waals surface area contributed by atoms with Crippen molar-refractivity contribution in [3.63, 3.8) is 0 Å². The van der Waals surface area contributed by atoms with Gasteiger partial charge >= 0.3 is 5.97 Å². The Labute approximate surface area is 249 Å². The molecule has 4 aromatic rings. The van der Waals surface area contributed by atoms with Crippen molar-refractivity contribution in [2.24, 2.45) is 0 Å². The molecule has 1 aliphatic rings. The molecule has 0 bridgehead atoms. The number of anilines is 3. The Hall–Kier alpha value is -4.30. The number of pyridine rings is 1. The largest absolute Gasteiger partial charge is 0.462 e. The van der Waals surface area contributed by atoms with Gasteiger partial charge in [-0.3, -0.25) is 19.5 Å². The first kappa shape index (κ1) is 29.2. The standard InChI is InChI=1S/C28H26ClN7O5S/c29-21-12-18(2-3-19(21)27(39)23-15-30-17-42-23)34-28-20-13-24(31-14-22(20)32-16-33-28)35-25(37)4-5-26(38)41-9-1-6-36-7-10-40-11-8-36/h2-5,12-17H,1,6-11H2,(H,31,35,37)(H,32,33,34). The Morgan fingerprint density at radius 2 is 1.95 bits per heavy atom. The van der Waals surface area contributed by atoms with Gasteiger partial charge in [-0.15, -0.1) is 11.3 Å². The number of nitrogens with zero attached hydrogens (tertiary/aromatic N) is 5. The van der Waals surface area contributed by atoms with Gasteiger partial charge in [-0.05, 0) is 30.7 Å². The van der Waals surface area contributed by atoms with Crippen LogP contribution in [-0.4, -0.2) is 82.0 Å². The topological polar surface area (TPSA) is 149 Å². The van der Waals surface area contributed by atoms with E-state index in [1.54, 1.807) is 29.8 Å². The highest BCUT2D eigenvalue weighted by Gasteiger charge is 2.16. The lowest BCUT2D eigenvalue weighted by molar-refractivity contribution is -0.138. The van der Waals surface area contributed by atoms with Crippen LogP contribution in [0.3, 0.4) is 0 Å². The molecule has 0 radical (unpaired) electrons. The van der Waals surface area contributed by atoms with Gasteiger partial charge in [-0.25, -0.2) is 19.7 Å². The number of hydrogen-bond donors (Lipinski definition) is 2. The maximum Gasteiger partial charge on any atom is 0.330 e. The summed E-state index contributed by atoms with van der Waals surface area (Å²) in [5.74, 6) is -0.688. The van der Waals surface area contributed by atoms with Crippen LogP contribution in [0.5, 0.6) is 0 Å². The summed E-state index contributed by atoms with van der Waals surface area (Å²) in [6, 6.07) is 6.58. The molecule has 0 unspecified atom stereocenters. The highest BCUT2D eigenvalue weighted by Crippen LogP contribution is 2.29. The second-order valence-electron chi connectivity index (χ2n) is 9.12. The van der Waals surface area contributed by atoms with Gasteiger partial charge in [0.15, 0.2) is 0 Å². The molecule has 5 rings (SSSR count). The minimum atomic E-state index is -0.600. The number of hydrogen-bond acceptors (Lipinski definition) is 12. The number of amides is 1. The van der Waals surface area contributed by atoms with Gasteiger partial charge in [0.1, 0.15) is 18.0 Å². The van der Waals surface area contributed by atoms with E-state index in [-0.39, 0.29) is 23.2 Å². The lowest BCUT2D eigenvalue weighted by Crippen LogP contribution is -2.37. The summed E-state index contributed by atoms with van der Waals surface area (Å²) in [6.45, 7) is 4.27. The van der Waals surface area contributed by atoms with Crippen LogP contribution in [0.2, 0.25) is 5.02 Å². The molecule has 0 aliphatic carbocycles. The number of fused-ring (bicyclic) bond motifs is 1. The van der Waals surface area contributed by atoms with Crippen molar-refractivity contribution < 1.29 is 23.9 Å². The van der Waals surface area contributed by atoms with E-state index in [4.69, 9.17) is 21.1 Å². The second-order valence-corrected chi connectivity index (χ2v) is 10.4. The van der Waals surface area contributed by atoms with Crippen molar-refractivity contribution >= 4 is 68.8 Å². The van der Waals surface area contributed by atoms with Crippen molar-refractivity contribution in [2.45, 2.75) is 6.42 Å². The molecule has 0 saturated carbocycles.